The number of primary amides is 2. The predicted octanol–water partition coefficient (Wildman–Crippen LogP) is -3.84. The number of hydrogen-bond donors (Lipinski definition) is 12. The Bertz CT molecular complexity index is 1080. The summed E-state index contributed by atoms with van der Waals surface area (Å²) in [7, 11) is 5.13. The van der Waals surface area contributed by atoms with Crippen LogP contribution in [0, 0.1) is 0 Å². The van der Waals surface area contributed by atoms with E-state index in [0.29, 0.717) is 45.3 Å². The number of rotatable bonds is 37. The van der Waals surface area contributed by atoms with Crippen molar-refractivity contribution in [3.8, 4) is 0 Å². The highest BCUT2D eigenvalue weighted by atomic mass is 16.2. The number of nitrogens with two attached hydrogens (primary N) is 2. The third-order valence-corrected chi connectivity index (χ3v) is 8.38. The Morgan fingerprint density at radius 3 is 1.23 bits per heavy atom. The SMILES string of the molecule is CN[C@@H](CCCCNCC(=O)CNCNC(=O)CCCC(=O)NCNCC(=O)CNCCCC[C@H](NC)C(=O)NCCCC[C@H](NC)C(N)=O)C(N)=O. The van der Waals surface area contributed by atoms with E-state index in [1.165, 1.54) is 0 Å². The fourth-order valence-electron chi connectivity index (χ4n) is 5.16. The Labute approximate surface area is 314 Å². The van der Waals surface area contributed by atoms with Gasteiger partial charge in [-0.25, -0.2) is 0 Å². The van der Waals surface area contributed by atoms with Gasteiger partial charge in [0, 0.05) is 19.4 Å². The molecule has 0 saturated heterocycles. The summed E-state index contributed by atoms with van der Waals surface area (Å²) in [6, 6.07) is -1.01. The van der Waals surface area contributed by atoms with Gasteiger partial charge in [-0.15, -0.1) is 0 Å². The quantitative estimate of drug-likeness (QED) is 0.0214. The third kappa shape index (κ3) is 28.6. The van der Waals surface area contributed by atoms with Crippen LogP contribution in [0.5, 0.6) is 0 Å². The minimum Gasteiger partial charge on any atom is -0.368 e. The van der Waals surface area contributed by atoms with Crippen LogP contribution in [0.1, 0.15) is 77.0 Å². The van der Waals surface area contributed by atoms with E-state index in [0.717, 1.165) is 38.5 Å². The molecule has 0 spiro atoms. The second-order valence-corrected chi connectivity index (χ2v) is 12.8. The van der Waals surface area contributed by atoms with E-state index in [2.05, 4.69) is 53.2 Å². The number of hydrogen-bond acceptors (Lipinski definition) is 14. The normalized spacial score (nSPS) is 12.7. The minimum absolute atomic E-state index is 0.0474. The lowest BCUT2D eigenvalue weighted by Crippen LogP contribution is -2.43. The summed E-state index contributed by atoms with van der Waals surface area (Å²) in [5.41, 5.74) is 10.6. The number of carbonyl (C=O) groups excluding carboxylic acids is 7. The number of amides is 5. The number of likely N-dealkylation sites (N-methyl/N-ethyl adjacent to an activating group) is 3. The molecule has 0 aromatic heterocycles. The standard InChI is InChI=1S/C34H68N12O7/c1-37-27(32(35)51)11-4-7-16-40-19-25(47)21-42-23-45-30(49)14-10-15-31(50)46-24-43-22-26(48)20-41-17-8-5-13-29(39-3)34(53)44-18-9-6-12-28(38-2)33(36)52/h27-29,37-43H,4-24H2,1-3H3,(H2,35,51)(H2,36,52)(H,44,53)(H,45,49)(H,46,50)/t27-,28-,29-/m0/s1. The molecule has 19 nitrogen and oxygen atoms in total. The molecule has 3 atom stereocenters. The molecule has 0 heterocycles. The predicted molar refractivity (Wildman–Crippen MR) is 203 cm³/mol. The molecule has 5 amide bonds. The summed E-state index contributed by atoms with van der Waals surface area (Å²) in [4.78, 5) is 82.9. The first-order chi connectivity index (χ1) is 25.4. The number of ketones is 2. The molecule has 19 heteroatoms. The average molecular weight is 757 g/mol. The maximum Gasteiger partial charge on any atom is 0.237 e. The van der Waals surface area contributed by atoms with E-state index in [-0.39, 0.29) is 112 Å². The van der Waals surface area contributed by atoms with Crippen LogP contribution in [0.2, 0.25) is 0 Å². The summed E-state index contributed by atoms with van der Waals surface area (Å²) < 4.78 is 0. The van der Waals surface area contributed by atoms with Crippen molar-refractivity contribution in [2.75, 3.05) is 80.3 Å². The Morgan fingerprint density at radius 2 is 0.830 bits per heavy atom. The maximum absolute atomic E-state index is 12.4. The highest BCUT2D eigenvalue weighted by molar-refractivity contribution is 5.83. The van der Waals surface area contributed by atoms with Gasteiger partial charge in [0.2, 0.25) is 29.5 Å². The largest absolute Gasteiger partial charge is 0.368 e. The summed E-state index contributed by atoms with van der Waals surface area (Å²) in [6.07, 6.45) is 7.33. The van der Waals surface area contributed by atoms with Crippen molar-refractivity contribution in [1.29, 1.82) is 0 Å². The molecular weight excluding hydrogens is 688 g/mol. The fraction of sp³-hybridized carbons (Fsp3) is 0.794. The molecular formula is C34H68N12O7. The molecule has 0 aliphatic carbocycles. The molecule has 306 valence electrons. The van der Waals surface area contributed by atoms with Crippen molar-refractivity contribution >= 4 is 41.1 Å². The van der Waals surface area contributed by atoms with Crippen LogP contribution in [0.3, 0.4) is 0 Å². The number of Topliss-reactive ketones (excluding diaryl/α,β-unsaturated/α-hetero) is 2. The Hall–Kier alpha value is -3.59. The summed E-state index contributed by atoms with van der Waals surface area (Å²) in [5.74, 6) is -1.40. The van der Waals surface area contributed by atoms with Gasteiger partial charge >= 0.3 is 0 Å². The van der Waals surface area contributed by atoms with Crippen LogP contribution in [0.25, 0.3) is 0 Å². The Kier molecular flexibility index (Phi) is 30.8. The van der Waals surface area contributed by atoms with E-state index in [4.69, 9.17) is 11.5 Å². The minimum atomic E-state index is -0.381. The van der Waals surface area contributed by atoms with Crippen LogP contribution in [-0.4, -0.2) is 140 Å². The van der Waals surface area contributed by atoms with Gasteiger partial charge in [0.05, 0.1) is 57.6 Å². The molecule has 0 saturated carbocycles. The molecule has 0 rings (SSSR count). The number of unbranched alkanes of at least 4 members (excludes halogenated alkanes) is 3. The molecule has 0 aliphatic heterocycles. The zero-order valence-corrected chi connectivity index (χ0v) is 32.1. The zero-order valence-electron chi connectivity index (χ0n) is 32.1. The van der Waals surface area contributed by atoms with Crippen LogP contribution in [0.4, 0.5) is 0 Å². The lowest BCUT2D eigenvalue weighted by molar-refractivity contribution is -0.124. The molecule has 0 fully saturated rings. The van der Waals surface area contributed by atoms with Gasteiger partial charge in [0.15, 0.2) is 11.6 Å². The van der Waals surface area contributed by atoms with E-state index in [9.17, 15) is 33.6 Å². The van der Waals surface area contributed by atoms with Crippen LogP contribution in [0.15, 0.2) is 0 Å². The van der Waals surface area contributed by atoms with Gasteiger partial charge in [-0.2, -0.15) is 0 Å². The van der Waals surface area contributed by atoms with Crippen molar-refractivity contribution in [2.24, 2.45) is 11.5 Å². The van der Waals surface area contributed by atoms with Gasteiger partial charge in [0.25, 0.3) is 0 Å². The smallest absolute Gasteiger partial charge is 0.237 e. The molecule has 0 radical (unpaired) electrons. The van der Waals surface area contributed by atoms with E-state index >= 15 is 0 Å². The molecule has 0 unspecified atom stereocenters. The molecule has 14 N–H and O–H groups in total. The van der Waals surface area contributed by atoms with Crippen molar-refractivity contribution in [1.82, 2.24) is 53.2 Å². The first-order valence-corrected chi connectivity index (χ1v) is 18.7. The summed E-state index contributed by atoms with van der Waals surface area (Å²) in [5, 5.41) is 28.9. The lowest BCUT2D eigenvalue weighted by atomic mass is 10.1. The monoisotopic (exact) mass is 757 g/mol. The number of carbonyl (C=O) groups is 7. The third-order valence-electron chi connectivity index (χ3n) is 8.38. The molecule has 0 bridgehead atoms. The van der Waals surface area contributed by atoms with E-state index in [1.807, 2.05) is 0 Å². The van der Waals surface area contributed by atoms with Gasteiger partial charge in [-0.3, -0.25) is 44.2 Å². The molecule has 53 heavy (non-hydrogen) atoms. The Morgan fingerprint density at radius 1 is 0.453 bits per heavy atom. The second-order valence-electron chi connectivity index (χ2n) is 12.8. The first-order valence-electron chi connectivity index (χ1n) is 18.7. The van der Waals surface area contributed by atoms with Gasteiger partial charge in [-0.1, -0.05) is 12.8 Å². The van der Waals surface area contributed by atoms with Gasteiger partial charge < -0.3 is 54.0 Å². The van der Waals surface area contributed by atoms with Crippen molar-refractivity contribution in [2.45, 2.75) is 95.2 Å². The van der Waals surface area contributed by atoms with Crippen molar-refractivity contribution in [3.63, 3.8) is 0 Å². The lowest BCUT2D eigenvalue weighted by Gasteiger charge is -2.16. The van der Waals surface area contributed by atoms with Gasteiger partial charge in [0.1, 0.15) is 0 Å². The van der Waals surface area contributed by atoms with Crippen molar-refractivity contribution < 1.29 is 33.6 Å². The highest BCUT2D eigenvalue weighted by Gasteiger charge is 2.16. The first kappa shape index (κ1) is 49.4. The maximum atomic E-state index is 12.4. The summed E-state index contributed by atoms with van der Waals surface area (Å²) in [6.45, 7) is 2.66. The van der Waals surface area contributed by atoms with Crippen molar-refractivity contribution in [3.05, 3.63) is 0 Å². The molecule has 0 aromatic rings. The van der Waals surface area contributed by atoms with Crippen LogP contribution in [-0.2, 0) is 33.6 Å². The van der Waals surface area contributed by atoms with Gasteiger partial charge in [-0.05, 0) is 85.6 Å². The zero-order chi connectivity index (χ0) is 39.7. The summed E-state index contributed by atoms with van der Waals surface area (Å²) >= 11 is 0. The fourth-order valence-corrected chi connectivity index (χ4v) is 5.16. The highest BCUT2D eigenvalue weighted by Crippen LogP contribution is 2.03. The number of nitrogens with one attached hydrogen (secondary N) is 10. The average Bonchev–Trinajstić information content (AvgIpc) is 3.12. The molecule has 0 aliphatic rings. The van der Waals surface area contributed by atoms with E-state index < -0.39 is 0 Å². The topological polar surface area (TPSA) is 292 Å². The van der Waals surface area contributed by atoms with Crippen LogP contribution < -0.4 is 64.6 Å². The van der Waals surface area contributed by atoms with Crippen LogP contribution >= 0.6 is 0 Å². The molecule has 0 aromatic carbocycles. The van der Waals surface area contributed by atoms with E-state index in [1.54, 1.807) is 21.1 Å². The Balaban J connectivity index is 3.74. The second kappa shape index (κ2) is 33.0.